The van der Waals surface area contributed by atoms with Gasteiger partial charge in [-0.1, -0.05) is 0 Å². The van der Waals surface area contributed by atoms with Gasteiger partial charge in [-0.25, -0.2) is 0 Å². The van der Waals surface area contributed by atoms with Crippen LogP contribution in [0.15, 0.2) is 36.5 Å². The Labute approximate surface area is 220 Å². The van der Waals surface area contributed by atoms with E-state index in [1.54, 1.807) is 19.4 Å². The highest BCUT2D eigenvalue weighted by molar-refractivity contribution is 5.85. The Kier molecular flexibility index (Phi) is 6.47. The molecule has 2 bridgehead atoms. The second-order valence-corrected chi connectivity index (χ2v) is 10.2. The lowest BCUT2D eigenvalue weighted by Gasteiger charge is -2.39. The molecule has 3 aliphatic rings. The molecule has 38 heavy (non-hydrogen) atoms. The lowest BCUT2D eigenvalue weighted by atomic mass is 9.95. The van der Waals surface area contributed by atoms with Gasteiger partial charge in [0.2, 0.25) is 12.5 Å². The van der Waals surface area contributed by atoms with Gasteiger partial charge < -0.3 is 19.5 Å². The molecule has 0 aliphatic carbocycles. The number of ether oxygens (including phenoxy) is 3. The van der Waals surface area contributed by atoms with E-state index in [1.165, 1.54) is 0 Å². The summed E-state index contributed by atoms with van der Waals surface area (Å²) in [5.41, 5.74) is 3.28. The second kappa shape index (κ2) is 10.1. The van der Waals surface area contributed by atoms with Crippen LogP contribution in [-0.2, 0) is 13.0 Å². The molecule has 2 saturated heterocycles. The number of benzene rings is 2. The summed E-state index contributed by atoms with van der Waals surface area (Å²) >= 11 is 0. The van der Waals surface area contributed by atoms with Crippen molar-refractivity contribution >= 4 is 16.6 Å². The molecule has 10 heteroatoms. The van der Waals surface area contributed by atoms with Gasteiger partial charge in [0.25, 0.3) is 0 Å². The van der Waals surface area contributed by atoms with Gasteiger partial charge in [-0.2, -0.15) is 5.26 Å². The fraction of sp³-hybridized carbons (Fsp3) is 0.429. The molecule has 0 saturated carbocycles. The molecule has 1 N–H and O–H groups in total. The Morgan fingerprint density at radius 3 is 2.79 bits per heavy atom. The largest absolute Gasteiger partial charge is 0.497 e. The van der Waals surface area contributed by atoms with Gasteiger partial charge in [0.15, 0.2) is 5.75 Å². The molecule has 0 radical (unpaired) electrons. The Balaban J connectivity index is 1.12. The van der Waals surface area contributed by atoms with Crippen molar-refractivity contribution in [2.45, 2.75) is 56.8 Å². The summed E-state index contributed by atoms with van der Waals surface area (Å²) in [5, 5.41) is 25.8. The minimum absolute atomic E-state index is 0.00751. The summed E-state index contributed by atoms with van der Waals surface area (Å²) in [5.74, 6) is 1.41. The van der Waals surface area contributed by atoms with Gasteiger partial charge in [-0.15, -0.1) is 0 Å². The van der Waals surface area contributed by atoms with E-state index in [-0.39, 0.29) is 18.2 Å². The molecule has 3 atom stereocenters. The molecule has 3 aromatic rings. The number of aromatic nitrogens is 1. The molecule has 0 spiro atoms. The molecule has 3 aliphatic heterocycles. The zero-order chi connectivity index (χ0) is 26.2. The summed E-state index contributed by atoms with van der Waals surface area (Å²) in [4.78, 5) is 18.1. The van der Waals surface area contributed by atoms with E-state index in [4.69, 9.17) is 14.2 Å². The third-order valence-corrected chi connectivity index (χ3v) is 8.12. The van der Waals surface area contributed by atoms with Crippen molar-refractivity contribution in [3.05, 3.63) is 63.3 Å². The first-order chi connectivity index (χ1) is 18.5. The van der Waals surface area contributed by atoms with E-state index in [1.807, 2.05) is 24.3 Å². The van der Waals surface area contributed by atoms with E-state index in [2.05, 4.69) is 21.3 Å². The van der Waals surface area contributed by atoms with Gasteiger partial charge in [-0.3, -0.25) is 20.0 Å². The monoisotopic (exact) mass is 515 g/mol. The number of nitro benzene ring substituents is 1. The fourth-order valence-corrected chi connectivity index (χ4v) is 6.31. The molecular weight excluding hydrogens is 486 g/mol. The lowest BCUT2D eigenvalue weighted by molar-refractivity contribution is -0.385. The Morgan fingerprint density at radius 1 is 1.24 bits per heavy atom. The second-order valence-electron chi connectivity index (χ2n) is 10.2. The van der Waals surface area contributed by atoms with Crippen LogP contribution < -0.4 is 19.5 Å². The van der Waals surface area contributed by atoms with E-state index in [0.717, 1.165) is 66.4 Å². The lowest BCUT2D eigenvalue weighted by Crippen LogP contribution is -2.49. The number of nitrogens with zero attached hydrogens (tertiary/aromatic N) is 4. The van der Waals surface area contributed by atoms with Gasteiger partial charge >= 0.3 is 5.69 Å². The van der Waals surface area contributed by atoms with E-state index in [9.17, 15) is 15.4 Å². The number of fused-ring (bicyclic) bond motifs is 4. The van der Waals surface area contributed by atoms with Crippen molar-refractivity contribution in [3.63, 3.8) is 0 Å². The van der Waals surface area contributed by atoms with Crippen LogP contribution in [0.2, 0.25) is 0 Å². The van der Waals surface area contributed by atoms with E-state index >= 15 is 0 Å². The van der Waals surface area contributed by atoms with Gasteiger partial charge in [0.05, 0.1) is 23.1 Å². The van der Waals surface area contributed by atoms with Gasteiger partial charge in [-0.05, 0) is 67.5 Å². The van der Waals surface area contributed by atoms with E-state index < -0.39 is 4.92 Å². The number of piperidine rings is 1. The van der Waals surface area contributed by atoms with Crippen LogP contribution in [0.4, 0.5) is 5.69 Å². The highest BCUT2D eigenvalue weighted by Gasteiger charge is 2.40. The minimum Gasteiger partial charge on any atom is -0.497 e. The standard InChI is InChI=1S/C28H29N5O5/c1-36-22-4-5-25-24(12-22)23(18(13-29)15-31-25)6-7-32-20-2-3-21(32)11-19(10-20)30-14-17-8-26(33(34)35)28-27(9-17)37-16-38-28/h4-5,8-9,12,15,19-21,30H,2-3,6-7,10-11,14,16H2,1H3/t19?,20-,21?/m1/s1. The van der Waals surface area contributed by atoms with Crippen LogP contribution in [0.3, 0.4) is 0 Å². The van der Waals surface area contributed by atoms with Crippen LogP contribution >= 0.6 is 0 Å². The molecule has 2 fully saturated rings. The van der Waals surface area contributed by atoms with Crippen molar-refractivity contribution in [1.29, 1.82) is 5.26 Å². The smallest absolute Gasteiger partial charge is 0.315 e. The maximum Gasteiger partial charge on any atom is 0.315 e. The van der Waals surface area contributed by atoms with Crippen molar-refractivity contribution in [2.75, 3.05) is 20.4 Å². The summed E-state index contributed by atoms with van der Waals surface area (Å²) in [6, 6.07) is 12.8. The molecule has 2 aromatic carbocycles. The quantitative estimate of drug-likeness (QED) is 0.349. The zero-order valence-corrected chi connectivity index (χ0v) is 21.2. The van der Waals surface area contributed by atoms with Crippen LogP contribution in [-0.4, -0.2) is 53.4 Å². The van der Waals surface area contributed by atoms with Crippen molar-refractivity contribution < 1.29 is 19.1 Å². The number of hydrogen-bond donors (Lipinski definition) is 1. The summed E-state index contributed by atoms with van der Waals surface area (Å²) in [7, 11) is 1.64. The zero-order valence-electron chi connectivity index (χ0n) is 21.2. The first kappa shape index (κ1) is 24.4. The molecule has 6 rings (SSSR count). The molecule has 10 nitrogen and oxygen atoms in total. The predicted octanol–water partition coefficient (Wildman–Crippen LogP) is 4.08. The topological polar surface area (TPSA) is 123 Å². The third-order valence-electron chi connectivity index (χ3n) is 8.12. The van der Waals surface area contributed by atoms with Gasteiger partial charge in [0.1, 0.15) is 11.8 Å². The Hall–Kier alpha value is -3.94. The Bertz CT molecular complexity index is 1420. The SMILES string of the molecule is COc1ccc2ncc(C#N)c(CCN3C4CC[C@@H]3CC(NCc3cc5c(c([N+](=O)[O-])c3)OCO5)C4)c2c1. The summed E-state index contributed by atoms with van der Waals surface area (Å²) in [6.45, 7) is 1.44. The maximum absolute atomic E-state index is 11.5. The van der Waals surface area contributed by atoms with Crippen molar-refractivity contribution in [3.8, 4) is 23.3 Å². The number of rotatable bonds is 8. The van der Waals surface area contributed by atoms with Crippen LogP contribution in [0.5, 0.6) is 17.2 Å². The summed E-state index contributed by atoms with van der Waals surface area (Å²) < 4.78 is 16.1. The van der Waals surface area contributed by atoms with Crippen molar-refractivity contribution in [2.24, 2.45) is 0 Å². The normalized spacial score (nSPS) is 21.9. The number of nitrogens with one attached hydrogen (secondary N) is 1. The highest BCUT2D eigenvalue weighted by atomic mass is 16.7. The molecule has 1 aromatic heterocycles. The Morgan fingerprint density at radius 2 is 2.05 bits per heavy atom. The van der Waals surface area contributed by atoms with Crippen molar-refractivity contribution in [1.82, 2.24) is 15.2 Å². The highest BCUT2D eigenvalue weighted by Crippen LogP contribution is 2.42. The molecule has 0 amide bonds. The maximum atomic E-state index is 11.5. The first-order valence-corrected chi connectivity index (χ1v) is 13.0. The van der Waals surface area contributed by atoms with Crippen LogP contribution in [0.1, 0.15) is 42.4 Å². The molecule has 2 unspecified atom stereocenters. The van der Waals surface area contributed by atoms with Gasteiger partial charge in [0, 0.05) is 48.9 Å². The number of nitro groups is 1. The molecular formula is C28H29N5O5. The number of hydrogen-bond acceptors (Lipinski definition) is 9. The van der Waals surface area contributed by atoms with E-state index in [0.29, 0.717) is 36.0 Å². The average molecular weight is 516 g/mol. The minimum atomic E-state index is -0.421. The number of pyridine rings is 1. The number of methoxy groups -OCH3 is 1. The molecule has 4 heterocycles. The fourth-order valence-electron chi connectivity index (χ4n) is 6.31. The third kappa shape index (κ3) is 4.48. The average Bonchev–Trinajstić information content (AvgIpc) is 3.50. The first-order valence-electron chi connectivity index (χ1n) is 13.0. The van der Waals surface area contributed by atoms with Crippen LogP contribution in [0, 0.1) is 21.4 Å². The van der Waals surface area contributed by atoms with Crippen LogP contribution in [0.25, 0.3) is 10.9 Å². The predicted molar refractivity (Wildman–Crippen MR) is 139 cm³/mol. The molecule has 196 valence electrons. The summed E-state index contributed by atoms with van der Waals surface area (Å²) in [6.07, 6.45) is 6.83. The number of nitriles is 1.